The number of rotatable bonds is 4. The summed E-state index contributed by atoms with van der Waals surface area (Å²) in [6.07, 6.45) is 1.03. The summed E-state index contributed by atoms with van der Waals surface area (Å²) in [4.78, 5) is 0. The van der Waals surface area contributed by atoms with E-state index in [1.54, 1.807) is 0 Å². The van der Waals surface area contributed by atoms with Crippen LogP contribution in [0.15, 0.2) is 0 Å². The van der Waals surface area contributed by atoms with Crippen LogP contribution in [0.25, 0.3) is 0 Å². The average Bonchev–Trinajstić information content (AvgIpc) is 2.35. The van der Waals surface area contributed by atoms with Crippen molar-refractivity contribution in [3.63, 3.8) is 0 Å². The molecule has 0 aromatic carbocycles. The molecule has 0 aromatic heterocycles. The lowest BCUT2D eigenvalue weighted by Gasteiger charge is -2.19. The summed E-state index contributed by atoms with van der Waals surface area (Å²) in [5.41, 5.74) is 0.221. The Kier molecular flexibility index (Phi) is 2.26. The van der Waals surface area contributed by atoms with E-state index in [1.165, 1.54) is 0 Å². The van der Waals surface area contributed by atoms with Crippen LogP contribution in [0.2, 0.25) is 0 Å². The van der Waals surface area contributed by atoms with Crippen molar-refractivity contribution in [3.8, 4) is 0 Å². The largest absolute Gasteiger partial charge is 0.350 e. The van der Waals surface area contributed by atoms with Crippen LogP contribution < -0.4 is 0 Å². The molecule has 0 unspecified atom stereocenters. The third-order valence-electron chi connectivity index (χ3n) is 2.34. The van der Waals surface area contributed by atoms with E-state index in [4.69, 9.17) is 9.47 Å². The summed E-state index contributed by atoms with van der Waals surface area (Å²) in [7, 11) is 0. The van der Waals surface area contributed by atoms with E-state index in [-0.39, 0.29) is 11.2 Å². The molecule has 1 fully saturated rings. The second-order valence-electron chi connectivity index (χ2n) is 3.68. The van der Waals surface area contributed by atoms with Crippen LogP contribution >= 0.6 is 0 Å². The Hall–Kier alpha value is -0.0800. The first-order chi connectivity index (χ1) is 5.08. The van der Waals surface area contributed by atoms with Gasteiger partial charge in [-0.15, -0.1) is 0 Å². The normalized spacial score (nSPS) is 25.1. The van der Waals surface area contributed by atoms with Crippen LogP contribution in [0.5, 0.6) is 0 Å². The van der Waals surface area contributed by atoms with Crippen molar-refractivity contribution in [3.05, 3.63) is 0 Å². The molecule has 11 heavy (non-hydrogen) atoms. The van der Waals surface area contributed by atoms with Gasteiger partial charge >= 0.3 is 0 Å². The Labute approximate surface area is 68.9 Å². The molecule has 0 atom stereocenters. The molecule has 0 radical (unpaired) electrons. The molecule has 2 nitrogen and oxygen atoms in total. The van der Waals surface area contributed by atoms with Gasteiger partial charge in [-0.1, -0.05) is 13.8 Å². The van der Waals surface area contributed by atoms with Gasteiger partial charge in [0.25, 0.3) is 0 Å². The van der Waals surface area contributed by atoms with Gasteiger partial charge in [0, 0.05) is 25.0 Å². The fourth-order valence-corrected chi connectivity index (χ4v) is 1.54. The molecular formula is C9H18O2. The van der Waals surface area contributed by atoms with Crippen molar-refractivity contribution < 1.29 is 9.47 Å². The Morgan fingerprint density at radius 3 is 1.64 bits per heavy atom. The monoisotopic (exact) mass is 158 g/mol. The molecule has 0 aromatic rings. The van der Waals surface area contributed by atoms with Crippen LogP contribution in [0.3, 0.4) is 0 Å². The zero-order chi connectivity index (χ0) is 8.54. The fourth-order valence-electron chi connectivity index (χ4n) is 1.54. The minimum Gasteiger partial charge on any atom is -0.350 e. The third-order valence-corrected chi connectivity index (χ3v) is 2.34. The van der Waals surface area contributed by atoms with Crippen LogP contribution in [0.1, 0.15) is 34.1 Å². The van der Waals surface area contributed by atoms with Crippen molar-refractivity contribution in [1.82, 2.24) is 0 Å². The Morgan fingerprint density at radius 2 is 1.45 bits per heavy atom. The number of ether oxygens (including phenoxy) is 2. The maximum atomic E-state index is 5.57. The molecule has 0 bridgehead atoms. The van der Waals surface area contributed by atoms with Crippen molar-refractivity contribution in [2.45, 2.75) is 39.9 Å². The lowest BCUT2D eigenvalue weighted by molar-refractivity contribution is -0.182. The van der Waals surface area contributed by atoms with E-state index in [1.807, 2.05) is 13.8 Å². The lowest BCUT2D eigenvalue weighted by Crippen LogP contribution is -2.24. The minimum absolute atomic E-state index is 0.221. The smallest absolute Gasteiger partial charge is 0.174 e. The van der Waals surface area contributed by atoms with Crippen molar-refractivity contribution in [1.29, 1.82) is 0 Å². The third kappa shape index (κ3) is 1.42. The van der Waals surface area contributed by atoms with Crippen LogP contribution in [-0.2, 0) is 9.47 Å². The average molecular weight is 158 g/mol. The fraction of sp³-hybridized carbons (Fsp3) is 1.00. The van der Waals surface area contributed by atoms with E-state index in [0.717, 1.165) is 19.6 Å². The highest BCUT2D eigenvalue weighted by Gasteiger charge is 2.64. The predicted molar refractivity (Wildman–Crippen MR) is 44.4 cm³/mol. The predicted octanol–water partition coefficient (Wildman–Crippen LogP) is 2.19. The maximum Gasteiger partial charge on any atom is 0.174 e. The van der Waals surface area contributed by atoms with Gasteiger partial charge in [-0.3, -0.25) is 0 Å². The van der Waals surface area contributed by atoms with E-state index in [0.29, 0.717) is 0 Å². The zero-order valence-electron chi connectivity index (χ0n) is 7.94. The summed E-state index contributed by atoms with van der Waals surface area (Å²) < 4.78 is 11.1. The maximum absolute atomic E-state index is 5.57. The number of hydrogen-bond donors (Lipinski definition) is 0. The molecule has 0 heterocycles. The first-order valence-electron chi connectivity index (χ1n) is 4.36. The lowest BCUT2D eigenvalue weighted by atomic mass is 10.2. The molecule has 0 aliphatic heterocycles. The highest BCUT2D eigenvalue weighted by molar-refractivity contribution is 5.05. The van der Waals surface area contributed by atoms with Gasteiger partial charge in [0.2, 0.25) is 0 Å². The quantitative estimate of drug-likeness (QED) is 0.584. The SMILES string of the molecule is CCOC1(OCC)CC1(C)C. The van der Waals surface area contributed by atoms with Crippen molar-refractivity contribution in [2.24, 2.45) is 5.41 Å². The molecular weight excluding hydrogens is 140 g/mol. The molecule has 0 saturated heterocycles. The molecule has 0 N–H and O–H groups in total. The van der Waals surface area contributed by atoms with E-state index in [2.05, 4.69) is 13.8 Å². The van der Waals surface area contributed by atoms with Gasteiger partial charge in [-0.25, -0.2) is 0 Å². The second-order valence-corrected chi connectivity index (χ2v) is 3.68. The van der Waals surface area contributed by atoms with Gasteiger partial charge in [0.1, 0.15) is 0 Å². The highest BCUT2D eigenvalue weighted by Crippen LogP contribution is 2.58. The summed E-state index contributed by atoms with van der Waals surface area (Å²) in [5.74, 6) is -0.253. The molecule has 0 amide bonds. The minimum atomic E-state index is -0.253. The second kappa shape index (κ2) is 2.76. The van der Waals surface area contributed by atoms with Gasteiger partial charge in [0.15, 0.2) is 5.79 Å². The number of hydrogen-bond acceptors (Lipinski definition) is 2. The summed E-state index contributed by atoms with van der Waals surface area (Å²) in [5, 5.41) is 0. The topological polar surface area (TPSA) is 18.5 Å². The molecule has 1 saturated carbocycles. The molecule has 2 heteroatoms. The summed E-state index contributed by atoms with van der Waals surface area (Å²) in [6.45, 7) is 9.85. The van der Waals surface area contributed by atoms with E-state index >= 15 is 0 Å². The zero-order valence-corrected chi connectivity index (χ0v) is 7.94. The van der Waals surface area contributed by atoms with Crippen molar-refractivity contribution >= 4 is 0 Å². The Bertz CT molecular complexity index is 134. The molecule has 66 valence electrons. The Balaban J connectivity index is 2.48. The summed E-state index contributed by atoms with van der Waals surface area (Å²) in [6, 6.07) is 0. The van der Waals surface area contributed by atoms with Gasteiger partial charge in [-0.05, 0) is 13.8 Å². The van der Waals surface area contributed by atoms with Crippen LogP contribution in [-0.4, -0.2) is 19.0 Å². The molecule has 0 spiro atoms. The van der Waals surface area contributed by atoms with Crippen LogP contribution in [0, 0.1) is 5.41 Å². The van der Waals surface area contributed by atoms with E-state index < -0.39 is 0 Å². The van der Waals surface area contributed by atoms with Gasteiger partial charge in [0.05, 0.1) is 0 Å². The first kappa shape index (κ1) is 9.01. The van der Waals surface area contributed by atoms with E-state index in [9.17, 15) is 0 Å². The molecule has 1 aliphatic rings. The van der Waals surface area contributed by atoms with Crippen molar-refractivity contribution in [2.75, 3.05) is 13.2 Å². The Morgan fingerprint density at radius 1 is 1.09 bits per heavy atom. The van der Waals surface area contributed by atoms with Gasteiger partial charge < -0.3 is 9.47 Å². The molecule has 1 rings (SSSR count). The molecule has 1 aliphatic carbocycles. The summed E-state index contributed by atoms with van der Waals surface area (Å²) >= 11 is 0. The highest BCUT2D eigenvalue weighted by atomic mass is 16.7. The van der Waals surface area contributed by atoms with Gasteiger partial charge in [-0.2, -0.15) is 0 Å². The standard InChI is InChI=1S/C9H18O2/c1-5-10-9(11-6-2)7-8(9,3)4/h5-7H2,1-4H3. The van der Waals surface area contributed by atoms with Crippen LogP contribution in [0.4, 0.5) is 0 Å². The first-order valence-corrected chi connectivity index (χ1v) is 4.36.